The van der Waals surface area contributed by atoms with Gasteiger partial charge in [-0.3, -0.25) is 0 Å². The standard InChI is InChI=1S/C10H23NO3/c1-10(8-11,9-12)4-7-14-6-3-5-13-2/h12H,3-9,11H2,1-2H3. The molecular weight excluding hydrogens is 182 g/mol. The second-order valence-electron chi connectivity index (χ2n) is 3.88. The molecule has 0 saturated heterocycles. The maximum absolute atomic E-state index is 9.07. The van der Waals surface area contributed by atoms with Crippen molar-refractivity contribution in [2.75, 3.05) is 40.1 Å². The molecule has 4 heteroatoms. The molecule has 0 rings (SSSR count). The van der Waals surface area contributed by atoms with Gasteiger partial charge in [0.15, 0.2) is 0 Å². The normalized spacial score (nSPS) is 15.4. The van der Waals surface area contributed by atoms with Crippen LogP contribution in [-0.2, 0) is 9.47 Å². The van der Waals surface area contributed by atoms with Crippen LogP contribution in [0, 0.1) is 5.41 Å². The Morgan fingerprint density at radius 2 is 2.00 bits per heavy atom. The first-order valence-corrected chi connectivity index (χ1v) is 5.06. The molecule has 0 saturated carbocycles. The lowest BCUT2D eigenvalue weighted by Gasteiger charge is -2.24. The van der Waals surface area contributed by atoms with Crippen molar-refractivity contribution in [1.82, 2.24) is 0 Å². The summed E-state index contributed by atoms with van der Waals surface area (Å²) in [5.74, 6) is 0. The van der Waals surface area contributed by atoms with Crippen molar-refractivity contribution < 1.29 is 14.6 Å². The summed E-state index contributed by atoms with van der Waals surface area (Å²) in [6, 6.07) is 0. The van der Waals surface area contributed by atoms with Gasteiger partial charge in [0, 0.05) is 39.0 Å². The van der Waals surface area contributed by atoms with Crippen molar-refractivity contribution in [3.63, 3.8) is 0 Å². The molecule has 1 atom stereocenters. The van der Waals surface area contributed by atoms with E-state index in [-0.39, 0.29) is 12.0 Å². The van der Waals surface area contributed by atoms with Gasteiger partial charge in [0.1, 0.15) is 0 Å². The Hall–Kier alpha value is -0.160. The number of nitrogens with two attached hydrogens (primary N) is 1. The Labute approximate surface area is 86.4 Å². The minimum Gasteiger partial charge on any atom is -0.396 e. The molecule has 86 valence electrons. The van der Waals surface area contributed by atoms with E-state index in [0.29, 0.717) is 19.8 Å². The SMILES string of the molecule is COCCCOCCC(C)(CN)CO. The smallest absolute Gasteiger partial charge is 0.0497 e. The minimum absolute atomic E-state index is 0.116. The third-order valence-corrected chi connectivity index (χ3v) is 2.36. The van der Waals surface area contributed by atoms with Crippen molar-refractivity contribution in [3.05, 3.63) is 0 Å². The van der Waals surface area contributed by atoms with Crippen LogP contribution < -0.4 is 5.73 Å². The monoisotopic (exact) mass is 205 g/mol. The number of rotatable bonds is 9. The van der Waals surface area contributed by atoms with Crippen LogP contribution in [0.2, 0.25) is 0 Å². The molecule has 0 aliphatic rings. The van der Waals surface area contributed by atoms with E-state index in [1.807, 2.05) is 6.92 Å². The Morgan fingerprint density at radius 3 is 2.50 bits per heavy atom. The fourth-order valence-corrected chi connectivity index (χ4v) is 0.972. The van der Waals surface area contributed by atoms with Crippen molar-refractivity contribution >= 4 is 0 Å². The molecule has 0 radical (unpaired) electrons. The lowest BCUT2D eigenvalue weighted by molar-refractivity contribution is 0.0605. The fourth-order valence-electron chi connectivity index (χ4n) is 0.972. The number of ether oxygens (including phenoxy) is 2. The predicted molar refractivity (Wildman–Crippen MR) is 56.2 cm³/mol. The first-order valence-electron chi connectivity index (χ1n) is 5.06. The molecule has 4 nitrogen and oxygen atoms in total. The number of hydrogen-bond donors (Lipinski definition) is 2. The quantitative estimate of drug-likeness (QED) is 0.534. The molecule has 0 heterocycles. The third kappa shape index (κ3) is 6.32. The second kappa shape index (κ2) is 8.17. The molecule has 0 aliphatic heterocycles. The lowest BCUT2D eigenvalue weighted by atomic mass is 9.88. The molecule has 0 bridgehead atoms. The largest absolute Gasteiger partial charge is 0.396 e. The average Bonchev–Trinajstić information content (AvgIpc) is 2.23. The van der Waals surface area contributed by atoms with Gasteiger partial charge < -0.3 is 20.3 Å². The number of hydrogen-bond acceptors (Lipinski definition) is 4. The Kier molecular flexibility index (Phi) is 8.08. The van der Waals surface area contributed by atoms with Crippen LogP contribution in [-0.4, -0.2) is 45.2 Å². The van der Waals surface area contributed by atoms with Gasteiger partial charge in [0.25, 0.3) is 0 Å². The van der Waals surface area contributed by atoms with E-state index in [0.717, 1.165) is 19.4 Å². The summed E-state index contributed by atoms with van der Waals surface area (Å²) in [6.45, 7) is 4.66. The topological polar surface area (TPSA) is 64.7 Å². The first kappa shape index (κ1) is 13.8. The van der Waals surface area contributed by atoms with Crippen molar-refractivity contribution in [3.8, 4) is 0 Å². The molecule has 0 spiro atoms. The number of aliphatic hydroxyl groups is 1. The highest BCUT2D eigenvalue weighted by Gasteiger charge is 2.20. The summed E-state index contributed by atoms with van der Waals surface area (Å²) in [5, 5.41) is 9.07. The molecule has 0 aromatic heterocycles. The summed E-state index contributed by atoms with van der Waals surface area (Å²) >= 11 is 0. The first-order chi connectivity index (χ1) is 6.68. The van der Waals surface area contributed by atoms with Gasteiger partial charge in [-0.2, -0.15) is 0 Å². The number of aliphatic hydroxyl groups excluding tert-OH is 1. The van der Waals surface area contributed by atoms with Crippen LogP contribution in [0.25, 0.3) is 0 Å². The lowest BCUT2D eigenvalue weighted by Crippen LogP contribution is -2.32. The van der Waals surface area contributed by atoms with E-state index in [4.69, 9.17) is 20.3 Å². The van der Waals surface area contributed by atoms with E-state index in [1.54, 1.807) is 7.11 Å². The Balaban J connectivity index is 3.34. The van der Waals surface area contributed by atoms with Crippen LogP contribution in [0.5, 0.6) is 0 Å². The maximum atomic E-state index is 9.07. The maximum Gasteiger partial charge on any atom is 0.0497 e. The highest BCUT2D eigenvalue weighted by atomic mass is 16.5. The van der Waals surface area contributed by atoms with E-state index in [9.17, 15) is 0 Å². The average molecular weight is 205 g/mol. The molecule has 0 aromatic carbocycles. The second-order valence-corrected chi connectivity index (χ2v) is 3.88. The molecule has 3 N–H and O–H groups in total. The predicted octanol–water partition coefficient (Wildman–Crippen LogP) is 0.387. The Morgan fingerprint density at radius 1 is 1.29 bits per heavy atom. The van der Waals surface area contributed by atoms with Gasteiger partial charge in [-0.1, -0.05) is 6.92 Å². The molecule has 1 unspecified atom stereocenters. The zero-order valence-electron chi connectivity index (χ0n) is 9.29. The summed E-state index contributed by atoms with van der Waals surface area (Å²) in [4.78, 5) is 0. The summed E-state index contributed by atoms with van der Waals surface area (Å²) in [5.41, 5.74) is 5.35. The molecule has 0 aliphatic carbocycles. The van der Waals surface area contributed by atoms with Crippen LogP contribution in [0.15, 0.2) is 0 Å². The Bertz CT molecular complexity index is 127. The molecule has 0 aromatic rings. The van der Waals surface area contributed by atoms with Crippen LogP contribution >= 0.6 is 0 Å². The fraction of sp³-hybridized carbons (Fsp3) is 1.00. The van der Waals surface area contributed by atoms with Gasteiger partial charge in [-0.15, -0.1) is 0 Å². The highest BCUT2D eigenvalue weighted by molar-refractivity contribution is 4.73. The van der Waals surface area contributed by atoms with Crippen molar-refractivity contribution in [2.45, 2.75) is 19.8 Å². The van der Waals surface area contributed by atoms with E-state index in [1.165, 1.54) is 0 Å². The minimum atomic E-state index is -0.193. The van der Waals surface area contributed by atoms with Gasteiger partial charge in [-0.25, -0.2) is 0 Å². The van der Waals surface area contributed by atoms with Crippen LogP contribution in [0.3, 0.4) is 0 Å². The van der Waals surface area contributed by atoms with E-state index < -0.39 is 0 Å². The third-order valence-electron chi connectivity index (χ3n) is 2.36. The van der Waals surface area contributed by atoms with E-state index >= 15 is 0 Å². The van der Waals surface area contributed by atoms with E-state index in [2.05, 4.69) is 0 Å². The summed E-state index contributed by atoms with van der Waals surface area (Å²) < 4.78 is 10.3. The van der Waals surface area contributed by atoms with Crippen molar-refractivity contribution in [2.24, 2.45) is 11.1 Å². The zero-order valence-corrected chi connectivity index (χ0v) is 9.29. The van der Waals surface area contributed by atoms with Gasteiger partial charge in [0.2, 0.25) is 0 Å². The molecular formula is C10H23NO3. The van der Waals surface area contributed by atoms with Crippen molar-refractivity contribution in [1.29, 1.82) is 0 Å². The molecule has 0 fully saturated rings. The van der Waals surface area contributed by atoms with Gasteiger partial charge in [0.05, 0.1) is 0 Å². The van der Waals surface area contributed by atoms with Gasteiger partial charge >= 0.3 is 0 Å². The van der Waals surface area contributed by atoms with Gasteiger partial charge in [-0.05, 0) is 19.4 Å². The molecule has 0 amide bonds. The summed E-state index contributed by atoms with van der Waals surface area (Å²) in [7, 11) is 1.68. The van der Waals surface area contributed by atoms with Crippen LogP contribution in [0.4, 0.5) is 0 Å². The summed E-state index contributed by atoms with van der Waals surface area (Å²) in [6.07, 6.45) is 1.71. The van der Waals surface area contributed by atoms with Crippen LogP contribution in [0.1, 0.15) is 19.8 Å². The highest BCUT2D eigenvalue weighted by Crippen LogP contribution is 2.18. The molecule has 14 heavy (non-hydrogen) atoms. The number of methoxy groups -OCH3 is 1. The zero-order chi connectivity index (χ0) is 10.9.